The van der Waals surface area contributed by atoms with Crippen LogP contribution in [0.2, 0.25) is 0 Å². The van der Waals surface area contributed by atoms with Gasteiger partial charge in [-0.2, -0.15) is 0 Å². The van der Waals surface area contributed by atoms with E-state index in [4.69, 9.17) is 16.2 Å². The first-order valence-electron chi connectivity index (χ1n) is 3.72. The maximum absolute atomic E-state index is 9.10. The van der Waals surface area contributed by atoms with E-state index in [1.165, 1.54) is 0 Å². The van der Waals surface area contributed by atoms with Crippen molar-refractivity contribution < 1.29 is 5.11 Å². The molecule has 66 valence electrons. The van der Waals surface area contributed by atoms with Gasteiger partial charge in [0.25, 0.3) is 0 Å². The Kier molecular flexibility index (Phi) is 4.45. The van der Waals surface area contributed by atoms with Gasteiger partial charge in [0.1, 0.15) is 0 Å². The third kappa shape index (κ3) is 3.08. The SMILES string of the molecule is Cl.N=C(N)C1CCC(O)CC1. The molecule has 0 aromatic carbocycles. The molecule has 1 saturated carbocycles. The molecule has 0 spiro atoms. The van der Waals surface area contributed by atoms with E-state index in [0.717, 1.165) is 25.7 Å². The van der Waals surface area contributed by atoms with Gasteiger partial charge in [0, 0.05) is 5.92 Å². The van der Waals surface area contributed by atoms with E-state index in [9.17, 15) is 0 Å². The smallest absolute Gasteiger partial charge is 0.0936 e. The molecule has 11 heavy (non-hydrogen) atoms. The molecule has 0 aliphatic heterocycles. The van der Waals surface area contributed by atoms with Gasteiger partial charge in [-0.1, -0.05) is 0 Å². The summed E-state index contributed by atoms with van der Waals surface area (Å²) in [6.07, 6.45) is 3.25. The summed E-state index contributed by atoms with van der Waals surface area (Å²) in [7, 11) is 0. The van der Waals surface area contributed by atoms with Gasteiger partial charge in [0.2, 0.25) is 0 Å². The summed E-state index contributed by atoms with van der Waals surface area (Å²) in [5.41, 5.74) is 5.31. The molecule has 1 fully saturated rings. The molecule has 1 aliphatic rings. The zero-order chi connectivity index (χ0) is 7.56. The molecule has 4 heteroatoms. The average Bonchev–Trinajstić information content (AvgIpc) is 1.88. The molecular formula is C7H15ClN2O. The second-order valence-corrected chi connectivity index (χ2v) is 2.96. The first-order chi connectivity index (χ1) is 4.70. The Bertz CT molecular complexity index is 132. The maximum atomic E-state index is 9.10. The topological polar surface area (TPSA) is 70.1 Å². The van der Waals surface area contributed by atoms with E-state index < -0.39 is 0 Å². The minimum absolute atomic E-state index is 0. The molecule has 1 rings (SSSR count). The number of aliphatic hydroxyl groups excluding tert-OH is 1. The van der Waals surface area contributed by atoms with Gasteiger partial charge in [0.15, 0.2) is 0 Å². The Morgan fingerprint density at radius 2 is 1.73 bits per heavy atom. The highest BCUT2D eigenvalue weighted by Crippen LogP contribution is 2.23. The molecule has 0 aromatic heterocycles. The van der Waals surface area contributed by atoms with Crippen LogP contribution in [0.1, 0.15) is 25.7 Å². The summed E-state index contributed by atoms with van der Waals surface area (Å²) in [5, 5.41) is 16.2. The van der Waals surface area contributed by atoms with Crippen molar-refractivity contribution >= 4 is 18.2 Å². The monoisotopic (exact) mass is 178 g/mol. The van der Waals surface area contributed by atoms with Crippen molar-refractivity contribution in [1.29, 1.82) is 5.41 Å². The molecule has 0 heterocycles. The summed E-state index contributed by atoms with van der Waals surface area (Å²) in [6, 6.07) is 0. The summed E-state index contributed by atoms with van der Waals surface area (Å²) in [4.78, 5) is 0. The van der Waals surface area contributed by atoms with Crippen LogP contribution in [0.3, 0.4) is 0 Å². The molecule has 0 amide bonds. The van der Waals surface area contributed by atoms with Crippen molar-refractivity contribution in [3.05, 3.63) is 0 Å². The van der Waals surface area contributed by atoms with Crippen LogP contribution in [-0.2, 0) is 0 Å². The zero-order valence-corrected chi connectivity index (χ0v) is 7.23. The van der Waals surface area contributed by atoms with Crippen LogP contribution in [0.4, 0.5) is 0 Å². The minimum Gasteiger partial charge on any atom is -0.393 e. The fraction of sp³-hybridized carbons (Fsp3) is 0.857. The predicted octanol–water partition coefficient (Wildman–Crippen LogP) is 0.895. The largest absolute Gasteiger partial charge is 0.393 e. The normalized spacial score (nSPS) is 30.6. The number of hydrogen-bond donors (Lipinski definition) is 3. The van der Waals surface area contributed by atoms with Gasteiger partial charge < -0.3 is 10.8 Å². The number of aliphatic hydroxyl groups is 1. The van der Waals surface area contributed by atoms with Gasteiger partial charge in [-0.05, 0) is 25.7 Å². The lowest BCUT2D eigenvalue weighted by molar-refractivity contribution is 0.120. The van der Waals surface area contributed by atoms with E-state index in [0.29, 0.717) is 0 Å². The van der Waals surface area contributed by atoms with Crippen molar-refractivity contribution in [3.8, 4) is 0 Å². The number of amidine groups is 1. The van der Waals surface area contributed by atoms with Crippen LogP contribution < -0.4 is 5.73 Å². The van der Waals surface area contributed by atoms with Crippen LogP contribution >= 0.6 is 12.4 Å². The first-order valence-corrected chi connectivity index (χ1v) is 3.72. The van der Waals surface area contributed by atoms with Crippen LogP contribution in [0.15, 0.2) is 0 Å². The van der Waals surface area contributed by atoms with E-state index in [-0.39, 0.29) is 30.3 Å². The molecule has 0 radical (unpaired) electrons. The quantitative estimate of drug-likeness (QED) is 0.413. The molecule has 0 unspecified atom stereocenters. The van der Waals surface area contributed by atoms with Crippen molar-refractivity contribution in [2.75, 3.05) is 0 Å². The van der Waals surface area contributed by atoms with Crippen molar-refractivity contribution in [2.24, 2.45) is 11.7 Å². The Balaban J connectivity index is 0.000001000. The van der Waals surface area contributed by atoms with E-state index in [1.54, 1.807) is 0 Å². The van der Waals surface area contributed by atoms with Crippen LogP contribution in [0.25, 0.3) is 0 Å². The lowest BCUT2D eigenvalue weighted by Gasteiger charge is -2.23. The molecule has 4 N–H and O–H groups in total. The third-order valence-corrected chi connectivity index (χ3v) is 2.14. The van der Waals surface area contributed by atoms with Gasteiger partial charge in [0.05, 0.1) is 11.9 Å². The number of rotatable bonds is 1. The van der Waals surface area contributed by atoms with Crippen molar-refractivity contribution in [1.82, 2.24) is 0 Å². The molecule has 0 bridgehead atoms. The highest BCUT2D eigenvalue weighted by Gasteiger charge is 2.20. The van der Waals surface area contributed by atoms with Gasteiger partial charge in [-0.25, -0.2) is 0 Å². The van der Waals surface area contributed by atoms with Crippen LogP contribution in [0, 0.1) is 11.3 Å². The fourth-order valence-electron chi connectivity index (χ4n) is 1.39. The van der Waals surface area contributed by atoms with Crippen molar-refractivity contribution in [3.63, 3.8) is 0 Å². The number of nitrogens with one attached hydrogen (secondary N) is 1. The number of hydrogen-bond acceptors (Lipinski definition) is 2. The lowest BCUT2D eigenvalue weighted by Crippen LogP contribution is -2.28. The summed E-state index contributed by atoms with van der Waals surface area (Å²) < 4.78 is 0. The highest BCUT2D eigenvalue weighted by atomic mass is 35.5. The van der Waals surface area contributed by atoms with E-state index in [1.807, 2.05) is 0 Å². The Labute approximate surface area is 72.9 Å². The van der Waals surface area contributed by atoms with Gasteiger partial charge in [-0.15, -0.1) is 12.4 Å². The highest BCUT2D eigenvalue weighted by molar-refractivity contribution is 5.85. The van der Waals surface area contributed by atoms with Crippen LogP contribution in [-0.4, -0.2) is 17.0 Å². The lowest BCUT2D eigenvalue weighted by atomic mass is 9.87. The van der Waals surface area contributed by atoms with E-state index in [2.05, 4.69) is 0 Å². The Hall–Kier alpha value is -0.280. The summed E-state index contributed by atoms with van der Waals surface area (Å²) in [5.74, 6) is 0.523. The van der Waals surface area contributed by atoms with Crippen molar-refractivity contribution in [2.45, 2.75) is 31.8 Å². The van der Waals surface area contributed by atoms with E-state index >= 15 is 0 Å². The summed E-state index contributed by atoms with van der Waals surface area (Å²) in [6.45, 7) is 0. The van der Waals surface area contributed by atoms with Gasteiger partial charge >= 0.3 is 0 Å². The predicted molar refractivity (Wildman–Crippen MR) is 47.1 cm³/mol. The summed E-state index contributed by atoms with van der Waals surface area (Å²) >= 11 is 0. The minimum atomic E-state index is -0.143. The molecule has 0 aromatic rings. The maximum Gasteiger partial charge on any atom is 0.0936 e. The molecular weight excluding hydrogens is 164 g/mol. The van der Waals surface area contributed by atoms with Crippen LogP contribution in [0.5, 0.6) is 0 Å². The zero-order valence-electron chi connectivity index (χ0n) is 6.42. The average molecular weight is 179 g/mol. The number of halogens is 1. The Morgan fingerprint density at radius 1 is 1.27 bits per heavy atom. The first kappa shape index (κ1) is 10.7. The molecule has 3 nitrogen and oxygen atoms in total. The second kappa shape index (κ2) is 4.57. The molecule has 1 aliphatic carbocycles. The Morgan fingerprint density at radius 3 is 2.09 bits per heavy atom. The third-order valence-electron chi connectivity index (χ3n) is 2.14. The molecule has 0 saturated heterocycles. The number of nitrogens with two attached hydrogens (primary N) is 1. The molecule has 0 atom stereocenters. The second-order valence-electron chi connectivity index (χ2n) is 2.96. The fourth-order valence-corrected chi connectivity index (χ4v) is 1.39. The van der Waals surface area contributed by atoms with Gasteiger partial charge in [-0.3, -0.25) is 5.41 Å². The standard InChI is InChI=1S/C7H14N2O.ClH/c8-7(9)5-1-3-6(10)4-2-5;/h5-6,10H,1-4H2,(H3,8,9);1H.